The molecule has 0 saturated carbocycles. The number of para-hydroxylation sites is 1. The number of hydrogen-bond acceptors (Lipinski definition) is 1. The van der Waals surface area contributed by atoms with Crippen LogP contribution < -0.4 is 4.90 Å². The largest absolute Gasteiger partial charge is 0.344 e. The van der Waals surface area contributed by atoms with Gasteiger partial charge in [-0.05, 0) is 141 Å². The lowest BCUT2D eigenvalue weighted by Gasteiger charge is -2.40. The first-order valence-electron chi connectivity index (χ1n) is 21.9. The van der Waals surface area contributed by atoms with Gasteiger partial charge in [-0.3, -0.25) is 0 Å². The molecule has 0 fully saturated rings. The third-order valence-corrected chi connectivity index (χ3v) is 15.1. The number of nitrogens with zero attached hydrogens (tertiary/aromatic N) is 1. The quantitative estimate of drug-likeness (QED) is 0.161. The SMILES string of the molecule is CN1c2ccccc2C(C)(C)c2ccc(-c3c4ccccc4c(-c4ccc5c(c4)C(C)(C)c4ccccc4-5)c4cc(-c5ccc6c(c5)C(C)(C)c5ccccc5-6)ccc34)cc21. The molecule has 1 aliphatic heterocycles. The molecule has 0 N–H and O–H groups in total. The first kappa shape index (κ1) is 36.2. The summed E-state index contributed by atoms with van der Waals surface area (Å²) in [5.74, 6) is 0. The Hall–Kier alpha value is -6.70. The molecule has 0 saturated heterocycles. The lowest BCUT2D eigenvalue weighted by Crippen LogP contribution is -2.30. The van der Waals surface area contributed by atoms with E-state index in [0.717, 1.165) is 0 Å². The van der Waals surface area contributed by atoms with Gasteiger partial charge in [0, 0.05) is 34.7 Å². The minimum Gasteiger partial charge on any atom is -0.344 e. The van der Waals surface area contributed by atoms with Crippen LogP contribution in [0, 0.1) is 0 Å². The van der Waals surface area contributed by atoms with Crippen LogP contribution in [0.4, 0.5) is 11.4 Å². The number of hydrogen-bond donors (Lipinski definition) is 0. The van der Waals surface area contributed by atoms with Gasteiger partial charge in [-0.25, -0.2) is 0 Å². The fourth-order valence-corrected chi connectivity index (χ4v) is 11.8. The molecule has 1 nitrogen and oxygen atoms in total. The highest BCUT2D eigenvalue weighted by molar-refractivity contribution is 6.22. The zero-order valence-corrected chi connectivity index (χ0v) is 36.1. The third-order valence-electron chi connectivity index (χ3n) is 15.1. The second kappa shape index (κ2) is 12.4. The zero-order valence-electron chi connectivity index (χ0n) is 36.1. The monoisotopic (exact) mass is 783 g/mol. The highest BCUT2D eigenvalue weighted by atomic mass is 15.1. The maximum Gasteiger partial charge on any atom is 0.0455 e. The van der Waals surface area contributed by atoms with Crippen LogP contribution in [-0.2, 0) is 16.2 Å². The van der Waals surface area contributed by atoms with Gasteiger partial charge in [0.15, 0.2) is 0 Å². The summed E-state index contributed by atoms with van der Waals surface area (Å²) in [6.07, 6.45) is 0. The third kappa shape index (κ3) is 4.89. The molecule has 0 amide bonds. The predicted molar refractivity (Wildman–Crippen MR) is 260 cm³/mol. The van der Waals surface area contributed by atoms with E-state index in [9.17, 15) is 0 Å². The van der Waals surface area contributed by atoms with Crippen molar-refractivity contribution >= 4 is 32.9 Å². The van der Waals surface area contributed by atoms with Crippen molar-refractivity contribution in [1.29, 1.82) is 0 Å². The zero-order chi connectivity index (χ0) is 41.6. The molecule has 2 aliphatic carbocycles. The molecule has 0 bridgehead atoms. The molecular weight excluding hydrogens is 735 g/mol. The molecule has 1 heteroatoms. The van der Waals surface area contributed by atoms with Gasteiger partial charge in [0.1, 0.15) is 0 Å². The Morgan fingerprint density at radius 2 is 0.705 bits per heavy atom. The van der Waals surface area contributed by atoms with E-state index >= 15 is 0 Å². The summed E-state index contributed by atoms with van der Waals surface area (Å²) in [4.78, 5) is 2.40. The smallest absolute Gasteiger partial charge is 0.0455 e. The first-order chi connectivity index (χ1) is 29.4. The van der Waals surface area contributed by atoms with Crippen LogP contribution in [0.5, 0.6) is 0 Å². The van der Waals surface area contributed by atoms with E-state index in [1.165, 1.54) is 122 Å². The van der Waals surface area contributed by atoms with E-state index < -0.39 is 0 Å². The van der Waals surface area contributed by atoms with Gasteiger partial charge in [0.25, 0.3) is 0 Å². The van der Waals surface area contributed by atoms with Crippen LogP contribution >= 0.6 is 0 Å². The number of anilines is 2. The second-order valence-electron chi connectivity index (χ2n) is 19.4. The summed E-state index contributed by atoms with van der Waals surface area (Å²) in [6, 6.07) is 64.9. The average molecular weight is 784 g/mol. The molecule has 0 radical (unpaired) electrons. The van der Waals surface area contributed by atoms with Crippen LogP contribution in [0.3, 0.4) is 0 Å². The van der Waals surface area contributed by atoms with E-state index in [2.05, 4.69) is 223 Å². The minimum absolute atomic E-state index is 0.0726. The van der Waals surface area contributed by atoms with Crippen molar-refractivity contribution in [2.45, 2.75) is 57.8 Å². The molecule has 1 heterocycles. The van der Waals surface area contributed by atoms with Gasteiger partial charge in [-0.2, -0.15) is 0 Å². The molecule has 0 aromatic heterocycles. The molecule has 9 aromatic carbocycles. The molecule has 9 aromatic rings. The van der Waals surface area contributed by atoms with Gasteiger partial charge in [-0.1, -0.05) is 181 Å². The van der Waals surface area contributed by atoms with Crippen LogP contribution in [0.25, 0.3) is 77.2 Å². The summed E-state index contributed by atoms with van der Waals surface area (Å²) in [7, 11) is 2.23. The van der Waals surface area contributed by atoms with Crippen molar-refractivity contribution in [3.63, 3.8) is 0 Å². The molecule has 294 valence electrons. The predicted octanol–water partition coefficient (Wildman–Crippen LogP) is 16.0. The van der Waals surface area contributed by atoms with E-state index in [1.54, 1.807) is 0 Å². The molecule has 0 atom stereocenters. The summed E-state index contributed by atoms with van der Waals surface area (Å²) >= 11 is 0. The van der Waals surface area contributed by atoms with Crippen LogP contribution in [0.15, 0.2) is 170 Å². The van der Waals surface area contributed by atoms with E-state index in [0.29, 0.717) is 0 Å². The summed E-state index contributed by atoms with van der Waals surface area (Å²) in [6.45, 7) is 14.3. The summed E-state index contributed by atoms with van der Waals surface area (Å²) in [5.41, 5.74) is 23.5. The van der Waals surface area contributed by atoms with Gasteiger partial charge < -0.3 is 4.90 Å². The minimum atomic E-state index is -0.118. The van der Waals surface area contributed by atoms with Gasteiger partial charge in [-0.15, -0.1) is 0 Å². The van der Waals surface area contributed by atoms with E-state index in [1.807, 2.05) is 0 Å². The van der Waals surface area contributed by atoms with Crippen molar-refractivity contribution in [2.75, 3.05) is 11.9 Å². The molecule has 3 aliphatic rings. The van der Waals surface area contributed by atoms with E-state index in [4.69, 9.17) is 0 Å². The standard InChI is InChI=1S/C60H49N/c1-58(2)48-20-12-10-16-40(48)42-28-24-37(33-52(42)58)36-25-30-46-47(32-36)57(38-26-29-43-41-17-11-13-21-49(41)59(3,4)53(43)34-38)45-19-9-8-18-44(45)56(46)39-27-31-51-55(35-39)61(7)54-23-15-14-22-50(54)60(51,5)6/h8-35H,1-7H3. The Bertz CT molecular complexity index is 3350. The van der Waals surface area contributed by atoms with Crippen LogP contribution in [0.1, 0.15) is 74.9 Å². The Morgan fingerprint density at radius 3 is 1.36 bits per heavy atom. The first-order valence-corrected chi connectivity index (χ1v) is 21.9. The fourth-order valence-electron chi connectivity index (χ4n) is 11.8. The van der Waals surface area contributed by atoms with Crippen molar-refractivity contribution in [3.8, 4) is 55.6 Å². The molecule has 61 heavy (non-hydrogen) atoms. The lowest BCUT2D eigenvalue weighted by atomic mass is 9.73. The summed E-state index contributed by atoms with van der Waals surface area (Å²) < 4.78 is 0. The second-order valence-corrected chi connectivity index (χ2v) is 19.4. The lowest BCUT2D eigenvalue weighted by molar-refractivity contribution is 0.629. The number of rotatable bonds is 3. The Kier molecular flexibility index (Phi) is 7.37. The van der Waals surface area contributed by atoms with E-state index in [-0.39, 0.29) is 16.2 Å². The highest BCUT2D eigenvalue weighted by Gasteiger charge is 2.38. The maximum absolute atomic E-state index is 2.51. The topological polar surface area (TPSA) is 3.24 Å². The molecular formula is C60H49N. The Morgan fingerprint density at radius 1 is 0.295 bits per heavy atom. The van der Waals surface area contributed by atoms with Crippen LogP contribution in [-0.4, -0.2) is 7.05 Å². The fraction of sp³-hybridized carbons (Fsp3) is 0.167. The number of fused-ring (bicyclic) bond motifs is 10. The van der Waals surface area contributed by atoms with Crippen molar-refractivity contribution in [3.05, 3.63) is 203 Å². The Labute approximate surface area is 360 Å². The van der Waals surface area contributed by atoms with Gasteiger partial charge in [0.05, 0.1) is 0 Å². The van der Waals surface area contributed by atoms with Crippen molar-refractivity contribution in [1.82, 2.24) is 0 Å². The Balaban J connectivity index is 1.12. The molecule has 0 unspecified atom stereocenters. The van der Waals surface area contributed by atoms with Gasteiger partial charge in [0.2, 0.25) is 0 Å². The van der Waals surface area contributed by atoms with Crippen molar-refractivity contribution in [2.24, 2.45) is 0 Å². The number of benzene rings is 9. The molecule has 12 rings (SSSR count). The highest BCUT2D eigenvalue weighted by Crippen LogP contribution is 2.54. The normalized spacial score (nSPS) is 15.8. The average Bonchev–Trinajstić information content (AvgIpc) is 3.66. The maximum atomic E-state index is 2.51. The van der Waals surface area contributed by atoms with Crippen molar-refractivity contribution < 1.29 is 0 Å². The van der Waals surface area contributed by atoms with Crippen LogP contribution in [0.2, 0.25) is 0 Å². The molecule has 0 spiro atoms. The van der Waals surface area contributed by atoms with Gasteiger partial charge >= 0.3 is 0 Å². The summed E-state index contributed by atoms with van der Waals surface area (Å²) in [5, 5.41) is 5.10.